The van der Waals surface area contributed by atoms with Crippen molar-refractivity contribution in [2.75, 3.05) is 5.32 Å². The molecule has 0 aliphatic rings. The molecule has 4 nitrogen and oxygen atoms in total. The smallest absolute Gasteiger partial charge is 0.152 e. The van der Waals surface area contributed by atoms with Crippen molar-refractivity contribution in [1.29, 1.82) is 0 Å². The number of nitrogens with zero attached hydrogens (tertiary/aromatic N) is 2. The molecule has 5 aromatic rings. The average molecular weight is 423 g/mol. The predicted octanol–water partition coefficient (Wildman–Crippen LogP) is 7.14. The van der Waals surface area contributed by atoms with Gasteiger partial charge in [0.25, 0.3) is 0 Å². The maximum atomic E-state index is 4.98. The number of hydrogen-bond acceptors (Lipinski definition) is 4. The fourth-order valence-corrected chi connectivity index (χ4v) is 4.50. The number of rotatable bonds is 5. The Kier molecular flexibility index (Phi) is 5.18. The zero-order chi connectivity index (χ0) is 21.2. The summed E-state index contributed by atoms with van der Waals surface area (Å²) in [5.74, 6) is 0.793. The highest BCUT2D eigenvalue weighted by atomic mass is 32.2. The Labute approximate surface area is 185 Å². The van der Waals surface area contributed by atoms with E-state index in [9.17, 15) is 0 Å². The Morgan fingerprint density at radius 1 is 0.806 bits per heavy atom. The molecule has 0 spiro atoms. The van der Waals surface area contributed by atoms with E-state index in [1.165, 1.54) is 16.3 Å². The van der Waals surface area contributed by atoms with Crippen LogP contribution in [0.15, 0.2) is 94.9 Å². The normalized spacial score (nSPS) is 11.0. The molecule has 0 atom stereocenters. The van der Waals surface area contributed by atoms with Gasteiger partial charge in [0.15, 0.2) is 5.82 Å². The van der Waals surface area contributed by atoms with Crippen LogP contribution in [0.2, 0.25) is 0 Å². The van der Waals surface area contributed by atoms with Crippen LogP contribution >= 0.6 is 11.8 Å². The van der Waals surface area contributed by atoms with Crippen LogP contribution < -0.4 is 5.32 Å². The third-order valence-corrected chi connectivity index (χ3v) is 6.05. The number of H-pyrrole nitrogens is 1. The van der Waals surface area contributed by atoms with Crippen LogP contribution in [0.5, 0.6) is 0 Å². The van der Waals surface area contributed by atoms with E-state index in [0.29, 0.717) is 0 Å². The molecule has 2 N–H and O–H groups in total. The third kappa shape index (κ3) is 4.32. The molecular formula is C26H22N4S. The number of fused-ring (bicyclic) bond motifs is 1. The molecule has 31 heavy (non-hydrogen) atoms. The number of anilines is 2. The van der Waals surface area contributed by atoms with Gasteiger partial charge in [-0.2, -0.15) is 5.10 Å². The molecule has 0 aliphatic carbocycles. The zero-order valence-electron chi connectivity index (χ0n) is 17.4. The summed E-state index contributed by atoms with van der Waals surface area (Å²) >= 11 is 1.67. The van der Waals surface area contributed by atoms with Gasteiger partial charge in [-0.3, -0.25) is 5.10 Å². The van der Waals surface area contributed by atoms with E-state index in [0.717, 1.165) is 38.4 Å². The zero-order valence-corrected chi connectivity index (χ0v) is 18.2. The fraction of sp³-hybridized carbons (Fsp3) is 0.0769. The van der Waals surface area contributed by atoms with Gasteiger partial charge in [-0.15, -0.1) is 0 Å². The third-order valence-electron chi connectivity index (χ3n) is 5.14. The highest BCUT2D eigenvalue weighted by molar-refractivity contribution is 7.99. The summed E-state index contributed by atoms with van der Waals surface area (Å²) in [4.78, 5) is 6.14. The van der Waals surface area contributed by atoms with E-state index < -0.39 is 0 Å². The number of aromatic nitrogens is 3. The van der Waals surface area contributed by atoms with E-state index in [1.54, 1.807) is 11.8 Å². The molecule has 0 unspecified atom stereocenters. The number of pyridine rings is 1. The first-order chi connectivity index (χ1) is 15.1. The van der Waals surface area contributed by atoms with Crippen LogP contribution in [0.4, 0.5) is 11.5 Å². The van der Waals surface area contributed by atoms with Crippen molar-refractivity contribution in [3.05, 3.63) is 96.2 Å². The van der Waals surface area contributed by atoms with Crippen LogP contribution in [-0.4, -0.2) is 15.2 Å². The second-order valence-corrected chi connectivity index (χ2v) is 8.66. The van der Waals surface area contributed by atoms with Crippen LogP contribution in [0.3, 0.4) is 0 Å². The Hall–Kier alpha value is -3.57. The Bertz CT molecular complexity index is 1370. The minimum Gasteiger partial charge on any atom is -0.339 e. The summed E-state index contributed by atoms with van der Waals surface area (Å²) in [6.45, 7) is 4.11. The highest BCUT2D eigenvalue weighted by Crippen LogP contribution is 2.34. The predicted molar refractivity (Wildman–Crippen MR) is 129 cm³/mol. The molecule has 2 aromatic heterocycles. The van der Waals surface area contributed by atoms with Gasteiger partial charge in [0, 0.05) is 27.9 Å². The summed E-state index contributed by atoms with van der Waals surface area (Å²) in [7, 11) is 0. The van der Waals surface area contributed by atoms with Crippen LogP contribution in [0.1, 0.15) is 11.3 Å². The number of aryl methyl sites for hydroxylation is 2. The number of benzene rings is 3. The lowest BCUT2D eigenvalue weighted by molar-refractivity contribution is 1.05. The molecule has 5 heteroatoms. The van der Waals surface area contributed by atoms with Crippen molar-refractivity contribution in [3.63, 3.8) is 0 Å². The lowest BCUT2D eigenvalue weighted by atomic mass is 10.1. The van der Waals surface area contributed by atoms with Gasteiger partial charge < -0.3 is 5.32 Å². The average Bonchev–Trinajstić information content (AvgIpc) is 3.18. The van der Waals surface area contributed by atoms with Crippen LogP contribution in [0, 0.1) is 13.8 Å². The highest BCUT2D eigenvalue weighted by Gasteiger charge is 2.10. The van der Waals surface area contributed by atoms with E-state index in [4.69, 9.17) is 4.98 Å². The Morgan fingerprint density at radius 2 is 1.61 bits per heavy atom. The number of hydrogen-bond donors (Lipinski definition) is 2. The molecule has 3 aromatic carbocycles. The summed E-state index contributed by atoms with van der Waals surface area (Å²) in [5, 5.41) is 14.1. The SMILES string of the molecule is Cc1cc(Nc2cc(Sc3ccc4ccccc4c3)nc(-c3ccccc3C)c2)n[nH]1. The van der Waals surface area contributed by atoms with Crippen LogP contribution in [0.25, 0.3) is 22.0 Å². The maximum absolute atomic E-state index is 4.98. The molecule has 152 valence electrons. The molecule has 0 saturated carbocycles. The summed E-state index contributed by atoms with van der Waals surface area (Å²) in [5.41, 5.74) is 5.25. The lowest BCUT2D eigenvalue weighted by Gasteiger charge is -2.12. The molecule has 0 saturated heterocycles. The van der Waals surface area contributed by atoms with E-state index in [-0.39, 0.29) is 0 Å². The number of aromatic amines is 1. The molecule has 0 radical (unpaired) electrons. The van der Waals surface area contributed by atoms with Crippen molar-refractivity contribution >= 4 is 34.0 Å². The van der Waals surface area contributed by atoms with Crippen molar-refractivity contribution in [3.8, 4) is 11.3 Å². The lowest BCUT2D eigenvalue weighted by Crippen LogP contribution is -1.95. The first-order valence-corrected chi connectivity index (χ1v) is 11.0. The summed E-state index contributed by atoms with van der Waals surface area (Å²) in [6.07, 6.45) is 0. The minimum absolute atomic E-state index is 0.793. The van der Waals surface area contributed by atoms with Crippen molar-refractivity contribution in [1.82, 2.24) is 15.2 Å². The van der Waals surface area contributed by atoms with Crippen molar-refractivity contribution in [2.45, 2.75) is 23.8 Å². The Balaban J connectivity index is 1.55. The van der Waals surface area contributed by atoms with Gasteiger partial charge in [-0.25, -0.2) is 4.98 Å². The Morgan fingerprint density at radius 3 is 2.42 bits per heavy atom. The van der Waals surface area contributed by atoms with E-state index in [2.05, 4.69) is 101 Å². The standard InChI is InChI=1S/C26H22N4S/c1-17-7-3-6-10-23(17)24-15-21(27-25-13-18(2)29-30-25)16-26(28-24)31-22-12-11-19-8-4-5-9-20(19)14-22/h3-16H,1-2H3,(H2,27,28,29,30). The quantitative estimate of drug-likeness (QED) is 0.316. The maximum Gasteiger partial charge on any atom is 0.152 e. The first kappa shape index (κ1) is 19.4. The molecule has 5 rings (SSSR count). The molecule has 0 bridgehead atoms. The van der Waals surface area contributed by atoms with Crippen LogP contribution in [-0.2, 0) is 0 Å². The molecule has 0 aliphatic heterocycles. The largest absolute Gasteiger partial charge is 0.339 e. The molecular weight excluding hydrogens is 400 g/mol. The second-order valence-electron chi connectivity index (χ2n) is 7.57. The van der Waals surface area contributed by atoms with E-state index >= 15 is 0 Å². The van der Waals surface area contributed by atoms with Gasteiger partial charge in [0.1, 0.15) is 5.03 Å². The summed E-state index contributed by atoms with van der Waals surface area (Å²) < 4.78 is 0. The van der Waals surface area contributed by atoms with Crippen molar-refractivity contribution in [2.24, 2.45) is 0 Å². The molecule has 0 amide bonds. The molecule has 2 heterocycles. The minimum atomic E-state index is 0.793. The van der Waals surface area contributed by atoms with Gasteiger partial charge in [0.2, 0.25) is 0 Å². The fourth-order valence-electron chi connectivity index (χ4n) is 3.61. The van der Waals surface area contributed by atoms with Crippen molar-refractivity contribution < 1.29 is 0 Å². The monoisotopic (exact) mass is 422 g/mol. The topological polar surface area (TPSA) is 53.6 Å². The van der Waals surface area contributed by atoms with Gasteiger partial charge in [-0.05, 0) is 54.4 Å². The summed E-state index contributed by atoms with van der Waals surface area (Å²) in [6, 6.07) is 29.4. The van der Waals surface area contributed by atoms with E-state index in [1.807, 2.05) is 13.0 Å². The number of nitrogens with one attached hydrogen (secondary N) is 2. The molecule has 0 fully saturated rings. The first-order valence-electron chi connectivity index (χ1n) is 10.2. The second kappa shape index (κ2) is 8.28. The van der Waals surface area contributed by atoms with Gasteiger partial charge in [0.05, 0.1) is 5.69 Å². The van der Waals surface area contributed by atoms with Gasteiger partial charge >= 0.3 is 0 Å². The van der Waals surface area contributed by atoms with Gasteiger partial charge in [-0.1, -0.05) is 66.4 Å².